The zero-order chi connectivity index (χ0) is 15.2. The Kier molecular flexibility index (Phi) is 3.82. The zero-order valence-electron chi connectivity index (χ0n) is 11.1. The van der Waals surface area contributed by atoms with E-state index in [0.717, 1.165) is 11.8 Å². The molecule has 1 aliphatic rings. The molecule has 0 heterocycles. The van der Waals surface area contributed by atoms with E-state index in [4.69, 9.17) is 23.2 Å². The summed E-state index contributed by atoms with van der Waals surface area (Å²) in [5.41, 5.74) is 0.0627. The van der Waals surface area contributed by atoms with Gasteiger partial charge in [0.2, 0.25) is 5.91 Å². The van der Waals surface area contributed by atoms with Gasteiger partial charge in [-0.15, -0.1) is 23.2 Å². The summed E-state index contributed by atoms with van der Waals surface area (Å²) in [5, 5.41) is 2.76. The van der Waals surface area contributed by atoms with Crippen molar-refractivity contribution in [1.29, 1.82) is 0 Å². The van der Waals surface area contributed by atoms with Gasteiger partial charge in [0, 0.05) is 12.8 Å². The summed E-state index contributed by atoms with van der Waals surface area (Å²) in [4.78, 5) is 12.2. The summed E-state index contributed by atoms with van der Waals surface area (Å²) >= 11 is 11.9. The molecule has 0 bridgehead atoms. The molecule has 1 N–H and O–H groups in total. The SMILES string of the molecule is C[C@]1(C(=O)NCc2ccc(S(C)(=O)=O)cc2)CC1(Cl)Cl. The number of carbonyl (C=O) groups is 1. The third kappa shape index (κ3) is 2.95. The van der Waals surface area contributed by atoms with Gasteiger partial charge in [-0.1, -0.05) is 12.1 Å². The Hall–Kier alpha value is -0.780. The van der Waals surface area contributed by atoms with E-state index in [1.807, 2.05) is 0 Å². The van der Waals surface area contributed by atoms with Gasteiger partial charge in [-0.25, -0.2) is 8.42 Å². The summed E-state index contributed by atoms with van der Waals surface area (Å²) in [7, 11) is -3.20. The lowest BCUT2D eigenvalue weighted by atomic mass is 10.1. The van der Waals surface area contributed by atoms with Gasteiger partial charge in [-0.05, 0) is 31.0 Å². The minimum atomic E-state index is -3.20. The van der Waals surface area contributed by atoms with Gasteiger partial charge in [0.05, 0.1) is 10.3 Å². The molecule has 1 amide bonds. The summed E-state index contributed by atoms with van der Waals surface area (Å²) < 4.78 is 21.7. The Morgan fingerprint density at radius 2 is 1.80 bits per heavy atom. The molecule has 0 unspecified atom stereocenters. The van der Waals surface area contributed by atoms with Crippen LogP contribution < -0.4 is 5.32 Å². The molecule has 0 spiro atoms. The van der Waals surface area contributed by atoms with Crippen LogP contribution in [0.15, 0.2) is 29.2 Å². The van der Waals surface area contributed by atoms with Crippen molar-refractivity contribution in [2.45, 2.75) is 29.1 Å². The Labute approximate surface area is 128 Å². The van der Waals surface area contributed by atoms with Crippen LogP contribution in [0.1, 0.15) is 18.9 Å². The van der Waals surface area contributed by atoms with Crippen LogP contribution >= 0.6 is 23.2 Å². The highest BCUT2D eigenvalue weighted by atomic mass is 35.5. The van der Waals surface area contributed by atoms with Crippen LogP contribution in [0.5, 0.6) is 0 Å². The molecular weight excluding hydrogens is 321 g/mol. The first-order chi connectivity index (χ1) is 9.06. The second-order valence-corrected chi connectivity index (χ2v) is 8.81. The lowest BCUT2D eigenvalue weighted by molar-refractivity contribution is -0.125. The number of sulfone groups is 1. The van der Waals surface area contributed by atoms with Crippen molar-refractivity contribution in [1.82, 2.24) is 5.32 Å². The molecule has 4 nitrogen and oxygen atoms in total. The van der Waals surface area contributed by atoms with Crippen LogP contribution in [0, 0.1) is 5.41 Å². The highest BCUT2D eigenvalue weighted by Gasteiger charge is 2.67. The van der Waals surface area contributed by atoms with Crippen molar-refractivity contribution in [2.24, 2.45) is 5.41 Å². The van der Waals surface area contributed by atoms with E-state index in [9.17, 15) is 13.2 Å². The predicted molar refractivity (Wildman–Crippen MR) is 78.6 cm³/mol. The van der Waals surface area contributed by atoms with Crippen LogP contribution in [-0.4, -0.2) is 24.9 Å². The van der Waals surface area contributed by atoms with Gasteiger partial charge < -0.3 is 5.32 Å². The number of hydrogen-bond donors (Lipinski definition) is 1. The first-order valence-electron chi connectivity index (χ1n) is 6.01. The molecule has 1 saturated carbocycles. The number of hydrogen-bond acceptors (Lipinski definition) is 3. The number of carbonyl (C=O) groups excluding carboxylic acids is 1. The van der Waals surface area contributed by atoms with E-state index in [1.54, 1.807) is 19.1 Å². The molecule has 1 aromatic rings. The van der Waals surface area contributed by atoms with Crippen LogP contribution in [0.2, 0.25) is 0 Å². The summed E-state index contributed by atoms with van der Waals surface area (Å²) in [6.45, 7) is 2.03. The van der Waals surface area contributed by atoms with E-state index in [-0.39, 0.29) is 10.8 Å². The molecule has 0 aliphatic heterocycles. The topological polar surface area (TPSA) is 63.2 Å². The Morgan fingerprint density at radius 3 is 2.20 bits per heavy atom. The van der Waals surface area contributed by atoms with E-state index in [0.29, 0.717) is 13.0 Å². The second-order valence-electron chi connectivity index (χ2n) is 5.31. The average molecular weight is 336 g/mol. The fraction of sp³-hybridized carbons (Fsp3) is 0.462. The van der Waals surface area contributed by atoms with Gasteiger partial charge in [-0.2, -0.15) is 0 Å². The van der Waals surface area contributed by atoms with Crippen LogP contribution in [0.4, 0.5) is 0 Å². The number of benzene rings is 1. The van der Waals surface area contributed by atoms with Gasteiger partial charge in [0.25, 0.3) is 0 Å². The molecule has 0 aromatic heterocycles. The van der Waals surface area contributed by atoms with Gasteiger partial charge in [0.15, 0.2) is 9.84 Å². The molecule has 20 heavy (non-hydrogen) atoms. The molecule has 7 heteroatoms. The predicted octanol–water partition coefficient (Wildman–Crippen LogP) is 2.29. The third-order valence-electron chi connectivity index (χ3n) is 3.56. The minimum Gasteiger partial charge on any atom is -0.351 e. The van der Waals surface area contributed by atoms with Crippen molar-refractivity contribution in [2.75, 3.05) is 6.26 Å². The number of halogens is 2. The van der Waals surface area contributed by atoms with Crippen molar-refractivity contribution in [3.63, 3.8) is 0 Å². The number of rotatable bonds is 4. The Bertz CT molecular complexity index is 640. The Morgan fingerprint density at radius 1 is 1.30 bits per heavy atom. The maximum absolute atomic E-state index is 12.0. The van der Waals surface area contributed by atoms with E-state index in [2.05, 4.69) is 5.32 Å². The maximum Gasteiger partial charge on any atom is 0.229 e. The number of alkyl halides is 2. The van der Waals surface area contributed by atoms with Gasteiger partial charge >= 0.3 is 0 Å². The van der Waals surface area contributed by atoms with Crippen molar-refractivity contribution < 1.29 is 13.2 Å². The smallest absolute Gasteiger partial charge is 0.229 e. The summed E-state index contributed by atoms with van der Waals surface area (Å²) in [6, 6.07) is 6.37. The molecule has 1 aliphatic carbocycles. The van der Waals surface area contributed by atoms with Crippen molar-refractivity contribution >= 4 is 38.9 Å². The third-order valence-corrected chi connectivity index (χ3v) is 5.79. The standard InChI is InChI=1S/C13H15Cl2NO3S/c1-12(8-13(12,14)15)11(17)16-7-9-3-5-10(6-4-9)20(2,18)19/h3-6H,7-8H2,1-2H3,(H,16,17)/t12-/m1/s1. The highest BCUT2D eigenvalue weighted by Crippen LogP contribution is 2.63. The highest BCUT2D eigenvalue weighted by molar-refractivity contribution is 7.90. The number of amides is 1. The van der Waals surface area contributed by atoms with Crippen molar-refractivity contribution in [3.8, 4) is 0 Å². The minimum absolute atomic E-state index is 0.199. The van der Waals surface area contributed by atoms with E-state index in [1.165, 1.54) is 12.1 Å². The van der Waals surface area contributed by atoms with E-state index >= 15 is 0 Å². The molecule has 1 atom stereocenters. The molecule has 2 rings (SSSR count). The first-order valence-corrected chi connectivity index (χ1v) is 8.66. The number of nitrogens with one attached hydrogen (secondary N) is 1. The quantitative estimate of drug-likeness (QED) is 0.858. The first kappa shape index (κ1) is 15.6. The Balaban J connectivity index is 1.97. The van der Waals surface area contributed by atoms with Crippen molar-refractivity contribution in [3.05, 3.63) is 29.8 Å². The molecular formula is C13H15Cl2NO3S. The van der Waals surface area contributed by atoms with Crippen LogP contribution in [0.25, 0.3) is 0 Å². The summed E-state index contributed by atoms with van der Waals surface area (Å²) in [5.74, 6) is -0.199. The summed E-state index contributed by atoms with van der Waals surface area (Å²) in [6.07, 6.45) is 1.58. The molecule has 0 saturated heterocycles. The fourth-order valence-electron chi connectivity index (χ4n) is 1.88. The van der Waals surface area contributed by atoms with Crippen LogP contribution in [0.3, 0.4) is 0 Å². The van der Waals surface area contributed by atoms with Gasteiger partial charge in [0.1, 0.15) is 4.33 Å². The van der Waals surface area contributed by atoms with Gasteiger partial charge in [-0.3, -0.25) is 4.79 Å². The lowest BCUT2D eigenvalue weighted by Gasteiger charge is -2.12. The molecule has 1 fully saturated rings. The molecule has 0 radical (unpaired) electrons. The normalized spacial score (nSPS) is 24.2. The average Bonchev–Trinajstić information content (AvgIpc) is 2.86. The molecule has 110 valence electrons. The zero-order valence-corrected chi connectivity index (χ0v) is 13.4. The van der Waals surface area contributed by atoms with E-state index < -0.39 is 19.6 Å². The monoisotopic (exact) mass is 335 g/mol. The maximum atomic E-state index is 12.0. The lowest BCUT2D eigenvalue weighted by Crippen LogP contribution is -2.32. The fourth-order valence-corrected chi connectivity index (χ4v) is 3.21. The second kappa shape index (κ2) is 4.90. The molecule has 1 aromatic carbocycles. The largest absolute Gasteiger partial charge is 0.351 e. The van der Waals surface area contributed by atoms with Crippen LogP contribution in [-0.2, 0) is 21.2 Å².